The predicted molar refractivity (Wildman–Crippen MR) is 104 cm³/mol. The molecule has 0 radical (unpaired) electrons. The SMILES string of the molecule is Cc1ccc2nc(CN3C(=O)N[C@@]4(CCOc5ccccc54)C3=O)cc(=O)n2c1. The molecule has 2 aromatic heterocycles. The number of carbonyl (C=O) groups excluding carboxylic acids is 2. The van der Waals surface area contributed by atoms with Gasteiger partial charge in [0.25, 0.3) is 11.5 Å². The summed E-state index contributed by atoms with van der Waals surface area (Å²) in [6, 6.07) is 11.7. The molecule has 3 aromatic rings. The third kappa shape index (κ3) is 2.60. The largest absolute Gasteiger partial charge is 0.493 e. The number of benzene rings is 1. The van der Waals surface area contributed by atoms with Gasteiger partial charge >= 0.3 is 6.03 Å². The van der Waals surface area contributed by atoms with E-state index in [1.807, 2.05) is 25.1 Å². The molecule has 8 nitrogen and oxygen atoms in total. The third-order valence-electron chi connectivity index (χ3n) is 5.44. The summed E-state index contributed by atoms with van der Waals surface area (Å²) in [4.78, 5) is 44.1. The molecule has 4 heterocycles. The molecule has 0 bridgehead atoms. The fraction of sp³-hybridized carbons (Fsp3) is 0.238. The molecular weight excluding hydrogens is 372 g/mol. The fourth-order valence-corrected chi connectivity index (χ4v) is 4.02. The van der Waals surface area contributed by atoms with Crippen LogP contribution in [0.2, 0.25) is 0 Å². The van der Waals surface area contributed by atoms with Crippen LogP contribution in [0.5, 0.6) is 5.75 Å². The highest BCUT2D eigenvalue weighted by molar-refractivity contribution is 6.07. The van der Waals surface area contributed by atoms with Crippen molar-refractivity contribution in [2.45, 2.75) is 25.4 Å². The molecule has 1 saturated heterocycles. The number of para-hydroxylation sites is 1. The number of nitrogens with zero attached hydrogens (tertiary/aromatic N) is 3. The quantitative estimate of drug-likeness (QED) is 0.673. The lowest BCUT2D eigenvalue weighted by molar-refractivity contribution is -0.133. The Hall–Kier alpha value is -3.68. The summed E-state index contributed by atoms with van der Waals surface area (Å²) < 4.78 is 7.09. The lowest BCUT2D eigenvalue weighted by Crippen LogP contribution is -2.47. The highest BCUT2D eigenvalue weighted by Gasteiger charge is 2.54. The van der Waals surface area contributed by atoms with E-state index >= 15 is 0 Å². The number of fused-ring (bicyclic) bond motifs is 3. The first-order chi connectivity index (χ1) is 14.0. The summed E-state index contributed by atoms with van der Waals surface area (Å²) in [5.74, 6) is 0.232. The molecule has 1 atom stereocenters. The maximum Gasteiger partial charge on any atom is 0.325 e. The molecule has 1 fully saturated rings. The second-order valence-electron chi connectivity index (χ2n) is 7.34. The smallest absolute Gasteiger partial charge is 0.325 e. The molecule has 0 aliphatic carbocycles. The summed E-state index contributed by atoms with van der Waals surface area (Å²) in [5, 5.41) is 2.85. The number of nitrogens with one attached hydrogen (secondary N) is 1. The van der Waals surface area contributed by atoms with Gasteiger partial charge in [0.1, 0.15) is 11.4 Å². The van der Waals surface area contributed by atoms with E-state index in [1.165, 1.54) is 10.5 Å². The summed E-state index contributed by atoms with van der Waals surface area (Å²) in [5.41, 5.74) is 1.01. The third-order valence-corrected chi connectivity index (χ3v) is 5.44. The van der Waals surface area contributed by atoms with E-state index in [4.69, 9.17) is 4.74 Å². The molecule has 2 aliphatic heterocycles. The number of aromatic nitrogens is 2. The van der Waals surface area contributed by atoms with E-state index in [0.29, 0.717) is 35.7 Å². The fourth-order valence-electron chi connectivity index (χ4n) is 4.02. The standard InChI is InChI=1S/C21H18N4O4/c1-13-6-7-17-22-14(10-18(26)24(17)11-13)12-25-19(27)21(23-20(25)28)8-9-29-16-5-3-2-4-15(16)21/h2-7,10-11H,8-9,12H2,1H3,(H,23,28)/t21-/m1/s1. The van der Waals surface area contributed by atoms with E-state index in [0.717, 1.165) is 10.5 Å². The molecule has 1 N–H and O–H groups in total. The summed E-state index contributed by atoms with van der Waals surface area (Å²) in [6.07, 6.45) is 2.05. The number of imide groups is 1. The Kier molecular flexibility index (Phi) is 3.70. The van der Waals surface area contributed by atoms with Gasteiger partial charge < -0.3 is 10.1 Å². The molecule has 8 heteroatoms. The molecule has 5 rings (SSSR count). The van der Waals surface area contributed by atoms with Crippen molar-refractivity contribution in [1.29, 1.82) is 0 Å². The molecule has 2 aliphatic rings. The summed E-state index contributed by atoms with van der Waals surface area (Å²) in [7, 11) is 0. The maximum absolute atomic E-state index is 13.3. The Balaban J connectivity index is 1.52. The zero-order chi connectivity index (χ0) is 20.2. The minimum absolute atomic E-state index is 0.0743. The van der Waals surface area contributed by atoms with Crippen molar-refractivity contribution >= 4 is 17.6 Å². The highest BCUT2D eigenvalue weighted by Crippen LogP contribution is 2.41. The molecule has 29 heavy (non-hydrogen) atoms. The average molecular weight is 390 g/mol. The van der Waals surface area contributed by atoms with Gasteiger partial charge in [-0.3, -0.25) is 18.9 Å². The number of amides is 3. The van der Waals surface area contributed by atoms with Crippen LogP contribution in [0.1, 0.15) is 23.2 Å². The average Bonchev–Trinajstić information content (AvgIpc) is 2.94. The Morgan fingerprint density at radius 2 is 2.00 bits per heavy atom. The van der Waals surface area contributed by atoms with Crippen molar-refractivity contribution in [3.8, 4) is 5.75 Å². The van der Waals surface area contributed by atoms with Gasteiger partial charge in [0, 0.05) is 24.2 Å². The molecule has 0 unspecified atom stereocenters. The molecule has 1 spiro atoms. The van der Waals surface area contributed by atoms with Crippen LogP contribution in [0.3, 0.4) is 0 Å². The lowest BCUT2D eigenvalue weighted by atomic mass is 9.84. The highest BCUT2D eigenvalue weighted by atomic mass is 16.5. The van der Waals surface area contributed by atoms with Crippen molar-refractivity contribution in [2.24, 2.45) is 0 Å². The van der Waals surface area contributed by atoms with Gasteiger partial charge in [0.2, 0.25) is 0 Å². The van der Waals surface area contributed by atoms with Crippen LogP contribution in [0, 0.1) is 6.92 Å². The van der Waals surface area contributed by atoms with Crippen LogP contribution < -0.4 is 15.6 Å². The van der Waals surface area contributed by atoms with Gasteiger partial charge in [-0.1, -0.05) is 24.3 Å². The second kappa shape index (κ2) is 6.16. The van der Waals surface area contributed by atoms with Crippen LogP contribution in [-0.2, 0) is 16.9 Å². The van der Waals surface area contributed by atoms with Crippen molar-refractivity contribution < 1.29 is 14.3 Å². The zero-order valence-electron chi connectivity index (χ0n) is 15.7. The van der Waals surface area contributed by atoms with Crippen LogP contribution in [0.25, 0.3) is 5.65 Å². The Morgan fingerprint density at radius 3 is 2.86 bits per heavy atom. The molecule has 0 saturated carbocycles. The zero-order valence-corrected chi connectivity index (χ0v) is 15.7. The monoisotopic (exact) mass is 390 g/mol. The van der Waals surface area contributed by atoms with Gasteiger partial charge in [-0.05, 0) is 24.6 Å². The maximum atomic E-state index is 13.3. The van der Waals surface area contributed by atoms with E-state index in [2.05, 4.69) is 10.3 Å². The number of aryl methyl sites for hydroxylation is 1. The van der Waals surface area contributed by atoms with Crippen molar-refractivity contribution in [1.82, 2.24) is 19.6 Å². The van der Waals surface area contributed by atoms with Gasteiger partial charge in [0.05, 0.1) is 18.8 Å². The number of pyridine rings is 1. The van der Waals surface area contributed by atoms with Gasteiger partial charge in [0.15, 0.2) is 5.54 Å². The van der Waals surface area contributed by atoms with Crippen LogP contribution in [0.4, 0.5) is 4.79 Å². The Bertz CT molecular complexity index is 1230. The van der Waals surface area contributed by atoms with Crippen LogP contribution in [0.15, 0.2) is 53.5 Å². The first-order valence-corrected chi connectivity index (χ1v) is 9.33. The van der Waals surface area contributed by atoms with Crippen molar-refractivity contribution in [3.63, 3.8) is 0 Å². The first kappa shape index (κ1) is 17.4. The van der Waals surface area contributed by atoms with Gasteiger partial charge in [-0.25, -0.2) is 9.78 Å². The van der Waals surface area contributed by atoms with Gasteiger partial charge in [-0.2, -0.15) is 0 Å². The predicted octanol–water partition coefficient (Wildman–Crippen LogP) is 1.73. The Morgan fingerprint density at radius 1 is 1.17 bits per heavy atom. The number of urea groups is 1. The van der Waals surface area contributed by atoms with E-state index in [1.54, 1.807) is 24.4 Å². The minimum Gasteiger partial charge on any atom is -0.493 e. The topological polar surface area (TPSA) is 93.0 Å². The number of rotatable bonds is 2. The van der Waals surface area contributed by atoms with E-state index < -0.39 is 11.6 Å². The summed E-state index contributed by atoms with van der Waals surface area (Å²) in [6.45, 7) is 2.14. The second-order valence-corrected chi connectivity index (χ2v) is 7.34. The van der Waals surface area contributed by atoms with E-state index in [9.17, 15) is 14.4 Å². The molecule has 1 aromatic carbocycles. The lowest BCUT2D eigenvalue weighted by Gasteiger charge is -2.33. The summed E-state index contributed by atoms with van der Waals surface area (Å²) >= 11 is 0. The molecule has 3 amide bonds. The minimum atomic E-state index is -1.14. The van der Waals surface area contributed by atoms with Crippen molar-refractivity contribution in [3.05, 3.63) is 75.8 Å². The van der Waals surface area contributed by atoms with Crippen LogP contribution in [-0.4, -0.2) is 32.8 Å². The number of hydrogen-bond acceptors (Lipinski definition) is 5. The first-order valence-electron chi connectivity index (χ1n) is 9.33. The van der Waals surface area contributed by atoms with Gasteiger partial charge in [-0.15, -0.1) is 0 Å². The molecular formula is C21H18N4O4. The van der Waals surface area contributed by atoms with Crippen molar-refractivity contribution in [2.75, 3.05) is 6.61 Å². The molecule has 146 valence electrons. The van der Waals surface area contributed by atoms with Crippen LogP contribution >= 0.6 is 0 Å². The normalized spacial score (nSPS) is 20.7. The number of hydrogen-bond donors (Lipinski definition) is 1. The Labute approximate surface area is 165 Å². The van der Waals surface area contributed by atoms with E-state index in [-0.39, 0.29) is 18.0 Å². The number of ether oxygens (including phenoxy) is 1. The number of carbonyl (C=O) groups is 2.